The summed E-state index contributed by atoms with van der Waals surface area (Å²) in [5.41, 5.74) is 3.51. The van der Waals surface area contributed by atoms with Gasteiger partial charge in [0.15, 0.2) is 0 Å². The number of rotatable bonds is 5. The molecule has 4 aromatic rings. The van der Waals surface area contributed by atoms with Gasteiger partial charge in [-0.15, -0.1) is 0 Å². The predicted molar refractivity (Wildman–Crippen MR) is 113 cm³/mol. The molecule has 2 aromatic carbocycles. The summed E-state index contributed by atoms with van der Waals surface area (Å²) in [5.74, 6) is -0.330. The Morgan fingerprint density at radius 3 is 2.48 bits per heavy atom. The minimum absolute atomic E-state index is 0.293. The lowest BCUT2D eigenvalue weighted by atomic mass is 10.0. The first-order valence-corrected chi connectivity index (χ1v) is 9.57. The van der Waals surface area contributed by atoms with E-state index in [2.05, 4.69) is 20.5 Å². The smallest absolute Gasteiger partial charge is 0.251 e. The average Bonchev–Trinajstić information content (AvgIpc) is 3.15. The summed E-state index contributed by atoms with van der Waals surface area (Å²) in [5, 5.41) is 21.6. The number of nitrogens with one attached hydrogen (secondary N) is 2. The number of H-pyrrole nitrogens is 1. The van der Waals surface area contributed by atoms with Crippen molar-refractivity contribution < 1.29 is 9.90 Å². The fourth-order valence-corrected chi connectivity index (χ4v) is 3.68. The Kier molecular flexibility index (Phi) is 5.49. The van der Waals surface area contributed by atoms with Gasteiger partial charge in [-0.3, -0.25) is 14.9 Å². The molecule has 3 N–H and O–H groups in total. The lowest BCUT2D eigenvalue weighted by Gasteiger charge is -2.17. The highest BCUT2D eigenvalue weighted by atomic mass is 35.5. The molecule has 0 bridgehead atoms. The van der Waals surface area contributed by atoms with Crippen molar-refractivity contribution in [1.29, 1.82) is 0 Å². The number of fused-ring (bicyclic) bond motifs is 1. The Morgan fingerprint density at radius 2 is 1.79 bits per heavy atom. The maximum absolute atomic E-state index is 12.8. The number of hydrogen-bond donors (Lipinski definition) is 3. The number of pyridine rings is 1. The van der Waals surface area contributed by atoms with E-state index in [0.29, 0.717) is 21.2 Å². The molecule has 1 atom stereocenters. The topological polar surface area (TPSA) is 90.9 Å². The maximum atomic E-state index is 12.8. The normalized spacial score (nSPS) is 12.1. The van der Waals surface area contributed by atoms with Crippen LogP contribution in [0.15, 0.2) is 60.9 Å². The fourth-order valence-electron chi connectivity index (χ4n) is 3.14. The average molecular weight is 427 g/mol. The maximum Gasteiger partial charge on any atom is 0.251 e. The van der Waals surface area contributed by atoms with Crippen LogP contribution in [0.5, 0.6) is 0 Å². The molecule has 0 saturated heterocycles. The van der Waals surface area contributed by atoms with Gasteiger partial charge in [0.05, 0.1) is 18.2 Å². The fraction of sp³-hybridized carbons (Fsp3) is 0.0952. The molecule has 2 aromatic heterocycles. The molecule has 0 aliphatic carbocycles. The molecule has 1 amide bonds. The van der Waals surface area contributed by atoms with Gasteiger partial charge in [0.2, 0.25) is 0 Å². The van der Waals surface area contributed by atoms with Gasteiger partial charge < -0.3 is 10.4 Å². The van der Waals surface area contributed by atoms with Crippen LogP contribution in [0, 0.1) is 0 Å². The van der Waals surface area contributed by atoms with Gasteiger partial charge in [0.1, 0.15) is 5.69 Å². The van der Waals surface area contributed by atoms with Gasteiger partial charge >= 0.3 is 0 Å². The second-order valence-electron chi connectivity index (χ2n) is 6.48. The first kappa shape index (κ1) is 19.4. The zero-order valence-electron chi connectivity index (χ0n) is 15.1. The molecule has 146 valence electrons. The van der Waals surface area contributed by atoms with Crippen LogP contribution in [0.3, 0.4) is 0 Å². The number of nitrogens with zero attached hydrogens (tertiary/aromatic N) is 2. The van der Waals surface area contributed by atoms with Crippen LogP contribution in [0.4, 0.5) is 0 Å². The van der Waals surface area contributed by atoms with Crippen molar-refractivity contribution in [1.82, 2.24) is 20.5 Å². The van der Waals surface area contributed by atoms with Crippen molar-refractivity contribution >= 4 is 40.0 Å². The van der Waals surface area contributed by atoms with E-state index in [1.165, 1.54) is 0 Å². The number of benzene rings is 2. The summed E-state index contributed by atoms with van der Waals surface area (Å²) in [6.45, 7) is -0.293. The lowest BCUT2D eigenvalue weighted by molar-refractivity contribution is 0.0916. The third-order valence-corrected chi connectivity index (χ3v) is 4.99. The van der Waals surface area contributed by atoms with Crippen LogP contribution in [0.1, 0.15) is 22.0 Å². The van der Waals surface area contributed by atoms with Crippen molar-refractivity contribution in [3.05, 3.63) is 82.1 Å². The van der Waals surface area contributed by atoms with Gasteiger partial charge in [-0.1, -0.05) is 23.2 Å². The van der Waals surface area contributed by atoms with Crippen molar-refractivity contribution in [3.8, 4) is 11.3 Å². The van der Waals surface area contributed by atoms with Gasteiger partial charge in [0.25, 0.3) is 5.91 Å². The molecule has 0 aliphatic rings. The molecule has 6 nitrogen and oxygen atoms in total. The summed E-state index contributed by atoms with van der Waals surface area (Å²) in [4.78, 5) is 16.9. The van der Waals surface area contributed by atoms with E-state index in [1.54, 1.807) is 48.8 Å². The molecule has 8 heteroatoms. The standard InChI is InChI=1S/C21H16Cl2N4O2/c22-15-7-14(8-16(23)10-15)19(11-28)25-21(29)13-1-2-18-17(9-13)20(27-26-18)12-3-5-24-6-4-12/h1-10,19,28H,11H2,(H,25,29)(H,26,27). The molecular formula is C21H16Cl2N4O2. The highest BCUT2D eigenvalue weighted by Gasteiger charge is 2.18. The quantitative estimate of drug-likeness (QED) is 0.441. The van der Waals surface area contributed by atoms with Crippen LogP contribution in [-0.4, -0.2) is 32.8 Å². The Morgan fingerprint density at radius 1 is 1.07 bits per heavy atom. The summed E-state index contributed by atoms with van der Waals surface area (Å²) in [6, 6.07) is 13.3. The third kappa shape index (κ3) is 4.10. The highest BCUT2D eigenvalue weighted by molar-refractivity contribution is 6.34. The minimum Gasteiger partial charge on any atom is -0.394 e. The van der Waals surface area contributed by atoms with E-state index < -0.39 is 6.04 Å². The molecule has 2 heterocycles. The first-order valence-electron chi connectivity index (χ1n) is 8.81. The number of halogens is 2. The Hall–Kier alpha value is -2.93. The molecule has 0 radical (unpaired) electrons. The molecule has 0 saturated carbocycles. The largest absolute Gasteiger partial charge is 0.394 e. The SMILES string of the molecule is O=C(NC(CO)c1cc(Cl)cc(Cl)c1)c1ccc2[nH]nc(-c3ccncc3)c2c1. The molecule has 0 fully saturated rings. The number of aliphatic hydroxyl groups is 1. The number of amides is 1. The second-order valence-corrected chi connectivity index (χ2v) is 7.35. The van der Waals surface area contributed by atoms with Gasteiger partial charge in [-0.05, 0) is 54.1 Å². The molecule has 0 spiro atoms. The number of hydrogen-bond acceptors (Lipinski definition) is 4. The van der Waals surface area contributed by atoms with Crippen molar-refractivity contribution in [2.75, 3.05) is 6.61 Å². The molecule has 1 unspecified atom stereocenters. The number of aromatic nitrogens is 3. The highest BCUT2D eigenvalue weighted by Crippen LogP contribution is 2.27. The predicted octanol–water partition coefficient (Wildman–Crippen LogP) is 4.40. The monoisotopic (exact) mass is 426 g/mol. The third-order valence-electron chi connectivity index (χ3n) is 4.55. The zero-order valence-corrected chi connectivity index (χ0v) is 16.6. The Bertz CT molecular complexity index is 1160. The van der Waals surface area contributed by atoms with Crippen LogP contribution in [-0.2, 0) is 0 Å². The van der Waals surface area contributed by atoms with E-state index in [0.717, 1.165) is 22.2 Å². The van der Waals surface area contributed by atoms with E-state index in [4.69, 9.17) is 23.2 Å². The minimum atomic E-state index is -0.640. The van der Waals surface area contributed by atoms with E-state index >= 15 is 0 Å². The summed E-state index contributed by atoms with van der Waals surface area (Å²) in [7, 11) is 0. The van der Waals surface area contributed by atoms with Gasteiger partial charge in [-0.25, -0.2) is 0 Å². The summed E-state index contributed by atoms with van der Waals surface area (Å²) in [6.07, 6.45) is 3.38. The number of carbonyl (C=O) groups excluding carboxylic acids is 1. The van der Waals surface area contributed by atoms with Crippen molar-refractivity contribution in [2.45, 2.75) is 6.04 Å². The van der Waals surface area contributed by atoms with Crippen LogP contribution >= 0.6 is 23.2 Å². The van der Waals surface area contributed by atoms with Crippen molar-refractivity contribution in [3.63, 3.8) is 0 Å². The van der Waals surface area contributed by atoms with Crippen LogP contribution in [0.25, 0.3) is 22.2 Å². The molecule has 4 rings (SSSR count). The number of aliphatic hydroxyl groups excluding tert-OH is 1. The van der Waals surface area contributed by atoms with Gasteiger partial charge in [0, 0.05) is 39.0 Å². The second kappa shape index (κ2) is 8.21. The molecular weight excluding hydrogens is 411 g/mol. The summed E-state index contributed by atoms with van der Waals surface area (Å²) < 4.78 is 0. The van der Waals surface area contributed by atoms with E-state index in [-0.39, 0.29) is 12.5 Å². The van der Waals surface area contributed by atoms with Crippen LogP contribution < -0.4 is 5.32 Å². The molecule has 0 aliphatic heterocycles. The number of carbonyl (C=O) groups is 1. The summed E-state index contributed by atoms with van der Waals surface area (Å²) >= 11 is 12.1. The molecule has 29 heavy (non-hydrogen) atoms. The zero-order chi connectivity index (χ0) is 20.4. The van der Waals surface area contributed by atoms with E-state index in [9.17, 15) is 9.90 Å². The number of aromatic amines is 1. The van der Waals surface area contributed by atoms with Gasteiger partial charge in [-0.2, -0.15) is 5.10 Å². The van der Waals surface area contributed by atoms with Crippen LogP contribution in [0.2, 0.25) is 10.0 Å². The Labute approximate surface area is 176 Å². The van der Waals surface area contributed by atoms with E-state index in [1.807, 2.05) is 12.1 Å². The lowest BCUT2D eigenvalue weighted by Crippen LogP contribution is -2.30. The van der Waals surface area contributed by atoms with Crippen molar-refractivity contribution in [2.24, 2.45) is 0 Å². The Balaban J connectivity index is 1.64. The first-order chi connectivity index (χ1) is 14.0.